The molecule has 19 nitrogen and oxygen atoms in total. The maximum Gasteiger partial charge on any atom is 0.345 e. The number of carbonyl (C=O) groups excluding carboxylic acids is 2. The van der Waals surface area contributed by atoms with Gasteiger partial charge in [-0.15, -0.1) is 22.7 Å². The van der Waals surface area contributed by atoms with Crippen LogP contribution in [0.4, 0.5) is 20.4 Å². The molecule has 2 aliphatic rings. The number of esters is 1. The minimum atomic E-state index is -0.717. The number of benzene rings is 2. The number of nitrogens with zero attached hydrogens (tertiary/aromatic N) is 10. The number of aromatic nitrogens is 8. The highest BCUT2D eigenvalue weighted by molar-refractivity contribution is 7.24. The fraction of sp³-hybridized carbons (Fsp3) is 0.280. The molecule has 376 valence electrons. The standard InChI is InChI=1S/C24H21FN6O3S.C21H18FN3O4S.C5H9N3/c1-29-7-6-26-18(29)13-27-23(33)19-20(32)14-12-15(25)22(30-8-10-34-11-9-30)28-21(14)31-16-4-2-3-5-17(16)35-24(19)31;1-2-29-21(27)16-17(26)12-11-13(22)19(24-7-9-28-10-8-24)23-18(12)25-14-5-3-4-6-15(14)30-20(16)25;1-8-3-2-7-5(8)4-6/h2-7,12H,8-11,13H2,1H3,(H,27,33);3-6,11H,2,7-10H2,1H3;2-3H,4,6H2,1H3. The molecule has 8 aromatic heterocycles. The van der Waals surface area contributed by atoms with Crippen LogP contribution >= 0.6 is 22.7 Å². The van der Waals surface area contributed by atoms with Crippen LogP contribution in [0.2, 0.25) is 0 Å². The zero-order valence-corrected chi connectivity index (χ0v) is 41.5. The number of fused-ring (bicyclic) bond motifs is 10. The van der Waals surface area contributed by atoms with Crippen LogP contribution in [0.5, 0.6) is 0 Å². The first-order valence-electron chi connectivity index (χ1n) is 23.3. The van der Waals surface area contributed by atoms with Gasteiger partial charge in [-0.3, -0.25) is 23.2 Å². The van der Waals surface area contributed by atoms with Crippen LogP contribution < -0.4 is 31.7 Å². The summed E-state index contributed by atoms with van der Waals surface area (Å²) >= 11 is 2.64. The molecule has 73 heavy (non-hydrogen) atoms. The first-order chi connectivity index (χ1) is 35.5. The lowest BCUT2D eigenvalue weighted by molar-refractivity contribution is 0.0527. The number of rotatable bonds is 8. The van der Waals surface area contributed by atoms with Crippen LogP contribution in [0.15, 0.2) is 95.0 Å². The second kappa shape index (κ2) is 20.8. The van der Waals surface area contributed by atoms with E-state index in [-0.39, 0.29) is 46.7 Å². The van der Waals surface area contributed by atoms with Crippen LogP contribution in [0.25, 0.3) is 52.2 Å². The summed E-state index contributed by atoms with van der Waals surface area (Å²) in [6.07, 6.45) is 7.03. The Hall–Kier alpha value is -7.70. The van der Waals surface area contributed by atoms with E-state index in [0.717, 1.165) is 26.3 Å². The number of pyridine rings is 4. The number of nitrogens with one attached hydrogen (secondary N) is 1. The van der Waals surface area contributed by atoms with Gasteiger partial charge in [-0.1, -0.05) is 24.3 Å². The Bertz CT molecular complexity index is 3850. The molecule has 0 atom stereocenters. The number of halogens is 2. The molecule has 10 heterocycles. The van der Waals surface area contributed by atoms with Crippen molar-refractivity contribution in [3.05, 3.63) is 140 Å². The van der Waals surface area contributed by atoms with Gasteiger partial charge in [-0.2, -0.15) is 0 Å². The lowest BCUT2D eigenvalue weighted by Gasteiger charge is -2.28. The number of carbonyl (C=O) groups is 2. The lowest BCUT2D eigenvalue weighted by Crippen LogP contribution is -2.37. The molecule has 2 aliphatic heterocycles. The number of hydrogen-bond donors (Lipinski definition) is 2. The average molecular weight is 1030 g/mol. The summed E-state index contributed by atoms with van der Waals surface area (Å²) in [5.41, 5.74) is 6.29. The third-order valence-corrected chi connectivity index (χ3v) is 14.8. The number of anilines is 2. The van der Waals surface area contributed by atoms with E-state index in [1.54, 1.807) is 38.9 Å². The minimum Gasteiger partial charge on any atom is -0.462 e. The third-order valence-electron chi connectivity index (χ3n) is 12.5. The maximum atomic E-state index is 15.2. The number of amides is 1. The van der Waals surface area contributed by atoms with Crippen molar-refractivity contribution in [2.24, 2.45) is 19.8 Å². The van der Waals surface area contributed by atoms with Gasteiger partial charge in [0.15, 0.2) is 34.6 Å². The first-order valence-corrected chi connectivity index (χ1v) is 25.0. The molecule has 0 spiro atoms. The van der Waals surface area contributed by atoms with Gasteiger partial charge in [0.25, 0.3) is 5.91 Å². The van der Waals surface area contributed by atoms with Crippen molar-refractivity contribution >= 4 is 98.3 Å². The van der Waals surface area contributed by atoms with Gasteiger partial charge in [0, 0.05) is 65.1 Å². The van der Waals surface area contributed by atoms with E-state index >= 15 is 4.39 Å². The SMILES string of the molecule is CCOC(=O)c1c(=O)c2cc(F)c(N3CCOCC3)nc2n2c1sc1ccccc12.Cn1ccnc1CN.Cn1ccnc1CNC(=O)c1c(=O)c2cc(F)c(N3CCOCC3)nc2n2c1sc1ccccc12. The Morgan fingerprint density at radius 3 is 1.63 bits per heavy atom. The topological polar surface area (TPSA) is 211 Å². The van der Waals surface area contributed by atoms with Crippen LogP contribution in [0, 0.1) is 11.6 Å². The number of imidazole rings is 2. The first kappa shape index (κ1) is 48.9. The van der Waals surface area contributed by atoms with E-state index in [0.29, 0.717) is 85.9 Å². The summed E-state index contributed by atoms with van der Waals surface area (Å²) in [4.78, 5) is 74.7. The van der Waals surface area contributed by atoms with Crippen LogP contribution in [0.3, 0.4) is 0 Å². The Morgan fingerprint density at radius 1 is 0.712 bits per heavy atom. The van der Waals surface area contributed by atoms with Gasteiger partial charge in [0.2, 0.25) is 10.9 Å². The largest absolute Gasteiger partial charge is 0.462 e. The van der Waals surface area contributed by atoms with E-state index in [4.69, 9.17) is 19.9 Å². The zero-order valence-electron chi connectivity index (χ0n) is 39.8. The van der Waals surface area contributed by atoms with Crippen molar-refractivity contribution < 1.29 is 32.6 Å². The molecule has 23 heteroatoms. The molecule has 12 rings (SSSR count). The highest BCUT2D eigenvalue weighted by Gasteiger charge is 2.28. The van der Waals surface area contributed by atoms with Gasteiger partial charge in [-0.25, -0.2) is 33.5 Å². The number of hydrogen-bond acceptors (Lipinski definition) is 16. The quantitative estimate of drug-likeness (QED) is 0.173. The van der Waals surface area contributed by atoms with Gasteiger partial charge < -0.3 is 44.2 Å². The van der Waals surface area contributed by atoms with E-state index in [9.17, 15) is 23.6 Å². The highest BCUT2D eigenvalue weighted by atomic mass is 32.1. The molecule has 0 unspecified atom stereocenters. The lowest BCUT2D eigenvalue weighted by atomic mass is 10.1. The summed E-state index contributed by atoms with van der Waals surface area (Å²) in [5.74, 6) is -0.534. The van der Waals surface area contributed by atoms with Gasteiger partial charge in [0.05, 0.1) is 77.3 Å². The second-order valence-corrected chi connectivity index (χ2v) is 18.9. The number of para-hydroxylation sites is 2. The molecular weight excluding hydrogens is 983 g/mol. The summed E-state index contributed by atoms with van der Waals surface area (Å²) in [6.45, 7) is 6.44. The monoisotopic (exact) mass is 1030 g/mol. The molecule has 2 aromatic carbocycles. The van der Waals surface area contributed by atoms with Crippen molar-refractivity contribution in [2.45, 2.75) is 20.0 Å². The Balaban J connectivity index is 0.000000147. The Kier molecular flexibility index (Phi) is 13.9. The zero-order chi connectivity index (χ0) is 50.9. The molecule has 3 N–H and O–H groups in total. The fourth-order valence-corrected chi connectivity index (χ4v) is 11.1. The summed E-state index contributed by atoms with van der Waals surface area (Å²) in [6, 6.07) is 17.5. The second-order valence-electron chi connectivity index (χ2n) is 16.9. The molecule has 1 amide bonds. The molecule has 0 aliphatic carbocycles. The van der Waals surface area contributed by atoms with Crippen LogP contribution in [-0.4, -0.2) is 109 Å². The Morgan fingerprint density at radius 2 is 1.18 bits per heavy atom. The Labute approximate surface area is 421 Å². The van der Waals surface area contributed by atoms with E-state index in [1.807, 2.05) is 83.2 Å². The number of morpholine rings is 2. The highest BCUT2D eigenvalue weighted by Crippen LogP contribution is 2.34. The van der Waals surface area contributed by atoms with Gasteiger partial charge in [0.1, 0.15) is 32.4 Å². The van der Waals surface area contributed by atoms with Gasteiger partial charge in [-0.05, 0) is 43.3 Å². The molecule has 2 fully saturated rings. The summed E-state index contributed by atoms with van der Waals surface area (Å²) in [5, 5.41) is 2.90. The van der Waals surface area contributed by atoms with E-state index < -0.39 is 34.4 Å². The summed E-state index contributed by atoms with van der Waals surface area (Å²) in [7, 11) is 3.75. The van der Waals surface area contributed by atoms with Crippen molar-refractivity contribution in [3.63, 3.8) is 0 Å². The number of thiazole rings is 2. The third kappa shape index (κ3) is 9.25. The number of aryl methyl sites for hydroxylation is 2. The molecule has 2 saturated heterocycles. The van der Waals surface area contributed by atoms with Crippen molar-refractivity contribution in [1.29, 1.82) is 0 Å². The van der Waals surface area contributed by atoms with Crippen LogP contribution in [-0.2, 0) is 41.4 Å². The number of nitrogens with two attached hydrogens (primary N) is 1. The average Bonchev–Trinajstić information content (AvgIpc) is 4.22. The van der Waals surface area contributed by atoms with E-state index in [1.165, 1.54) is 34.8 Å². The maximum absolute atomic E-state index is 15.2. The van der Waals surface area contributed by atoms with Crippen molar-refractivity contribution in [1.82, 2.24) is 43.2 Å². The number of ether oxygens (including phenoxy) is 3. The fourth-order valence-electron chi connectivity index (χ4n) is 8.78. The molecule has 0 saturated carbocycles. The molecular formula is C50H48F2N12O7S2. The summed E-state index contributed by atoms with van der Waals surface area (Å²) < 4.78 is 55.1. The smallest absolute Gasteiger partial charge is 0.345 e. The van der Waals surface area contributed by atoms with Crippen LogP contribution in [0.1, 0.15) is 39.3 Å². The minimum absolute atomic E-state index is 0.0340. The van der Waals surface area contributed by atoms with E-state index in [2.05, 4.69) is 25.3 Å². The predicted molar refractivity (Wildman–Crippen MR) is 276 cm³/mol. The molecule has 0 bridgehead atoms. The molecule has 0 radical (unpaired) electrons. The molecule has 10 aromatic rings. The van der Waals surface area contributed by atoms with Crippen molar-refractivity contribution in [3.8, 4) is 0 Å². The van der Waals surface area contributed by atoms with Crippen molar-refractivity contribution in [2.75, 3.05) is 69.0 Å². The predicted octanol–water partition coefficient (Wildman–Crippen LogP) is 5.80. The van der Waals surface area contributed by atoms with Gasteiger partial charge >= 0.3 is 5.97 Å². The normalized spacial score (nSPS) is 13.9.